The molecule has 9 aromatic rings. The molecule has 0 unspecified atom stereocenters. The predicted octanol–water partition coefficient (Wildman–Crippen LogP) is 12.6. The van der Waals surface area contributed by atoms with Crippen molar-refractivity contribution in [3.63, 3.8) is 0 Å². The zero-order valence-corrected chi connectivity index (χ0v) is 25.8. The Morgan fingerprint density at radius 2 is 1.07 bits per heavy atom. The summed E-state index contributed by atoms with van der Waals surface area (Å²) in [5.74, 6) is 0. The maximum atomic E-state index is 2.42. The van der Waals surface area contributed by atoms with Gasteiger partial charge in [-0.1, -0.05) is 133 Å². The van der Waals surface area contributed by atoms with Crippen molar-refractivity contribution in [2.75, 3.05) is 0 Å². The van der Waals surface area contributed by atoms with E-state index in [2.05, 4.69) is 168 Å². The van der Waals surface area contributed by atoms with Crippen molar-refractivity contribution in [3.05, 3.63) is 164 Å². The second-order valence-electron chi connectivity index (χ2n) is 12.1. The summed E-state index contributed by atoms with van der Waals surface area (Å²) in [4.78, 5) is 2.66. The van der Waals surface area contributed by atoms with Crippen LogP contribution in [0, 0.1) is 0 Å². The SMILES string of the molecule is c1ccc(-n2c3cccc(-c4ccc(-c5ccc6c(c5)-c5cccc7cccc(c57)S6)cc4)c3c3c4ccccc4ccc32)cc1. The van der Waals surface area contributed by atoms with Crippen LogP contribution in [0.1, 0.15) is 0 Å². The van der Waals surface area contributed by atoms with Crippen molar-refractivity contribution in [1.29, 1.82) is 0 Å². The van der Waals surface area contributed by atoms with Gasteiger partial charge in [-0.05, 0) is 92.0 Å². The van der Waals surface area contributed by atoms with Crippen LogP contribution in [0.2, 0.25) is 0 Å². The van der Waals surface area contributed by atoms with Crippen molar-refractivity contribution in [2.24, 2.45) is 0 Å². The highest BCUT2D eigenvalue weighted by atomic mass is 32.2. The van der Waals surface area contributed by atoms with E-state index in [1.54, 1.807) is 0 Å². The normalized spacial score (nSPS) is 12.3. The Bertz CT molecular complexity index is 2640. The molecule has 2 heterocycles. The third kappa shape index (κ3) is 3.77. The maximum Gasteiger partial charge on any atom is 0.0547 e. The summed E-state index contributed by atoms with van der Waals surface area (Å²) in [5.41, 5.74) is 11.2. The highest BCUT2D eigenvalue weighted by Gasteiger charge is 2.20. The number of aromatic nitrogens is 1. The fourth-order valence-corrected chi connectivity index (χ4v) is 8.64. The summed E-state index contributed by atoms with van der Waals surface area (Å²) in [7, 11) is 0. The molecule has 1 aromatic heterocycles. The Labute approximate surface area is 271 Å². The number of rotatable bonds is 3. The van der Waals surface area contributed by atoms with Gasteiger partial charge in [0.25, 0.3) is 0 Å². The van der Waals surface area contributed by atoms with Gasteiger partial charge < -0.3 is 4.57 Å². The molecule has 1 aliphatic heterocycles. The Kier molecular flexibility index (Phi) is 5.58. The van der Waals surface area contributed by atoms with E-state index >= 15 is 0 Å². The molecule has 0 spiro atoms. The van der Waals surface area contributed by atoms with Gasteiger partial charge in [0.15, 0.2) is 0 Å². The van der Waals surface area contributed by atoms with Crippen LogP contribution in [0.5, 0.6) is 0 Å². The van der Waals surface area contributed by atoms with E-state index in [0.29, 0.717) is 0 Å². The van der Waals surface area contributed by atoms with Crippen LogP contribution in [0.4, 0.5) is 0 Å². The van der Waals surface area contributed by atoms with Crippen molar-refractivity contribution >= 4 is 55.1 Å². The van der Waals surface area contributed by atoms with Crippen LogP contribution < -0.4 is 0 Å². The first kappa shape index (κ1) is 25.7. The molecule has 0 N–H and O–H groups in total. The van der Waals surface area contributed by atoms with Gasteiger partial charge in [-0.3, -0.25) is 0 Å². The maximum absolute atomic E-state index is 2.42. The average Bonchev–Trinajstić information content (AvgIpc) is 3.47. The molecular weight excluding hydrogens is 575 g/mol. The monoisotopic (exact) mass is 601 g/mol. The Balaban J connectivity index is 1.14. The highest BCUT2D eigenvalue weighted by Crippen LogP contribution is 2.49. The van der Waals surface area contributed by atoms with Crippen LogP contribution in [0.25, 0.3) is 82.4 Å². The smallest absolute Gasteiger partial charge is 0.0547 e. The van der Waals surface area contributed by atoms with Gasteiger partial charge in [-0.15, -0.1) is 0 Å². The molecule has 0 saturated carbocycles. The van der Waals surface area contributed by atoms with E-state index in [0.717, 1.165) is 0 Å². The zero-order chi connectivity index (χ0) is 30.2. The highest BCUT2D eigenvalue weighted by molar-refractivity contribution is 7.99. The van der Waals surface area contributed by atoms with E-state index < -0.39 is 0 Å². The molecule has 2 heteroatoms. The molecule has 0 fully saturated rings. The molecule has 214 valence electrons. The molecule has 10 rings (SSSR count). The van der Waals surface area contributed by atoms with E-state index in [-0.39, 0.29) is 0 Å². The summed E-state index contributed by atoms with van der Waals surface area (Å²) in [6.07, 6.45) is 0. The quantitative estimate of drug-likeness (QED) is 0.195. The topological polar surface area (TPSA) is 4.93 Å². The number of nitrogens with zero attached hydrogens (tertiary/aromatic N) is 1. The van der Waals surface area contributed by atoms with Crippen molar-refractivity contribution in [3.8, 4) is 39.1 Å². The molecule has 0 radical (unpaired) electrons. The number of benzene rings is 8. The predicted molar refractivity (Wildman–Crippen MR) is 196 cm³/mol. The summed E-state index contributed by atoms with van der Waals surface area (Å²) in [5, 5.41) is 7.81. The number of hydrogen-bond acceptors (Lipinski definition) is 1. The van der Waals surface area contributed by atoms with Gasteiger partial charge in [-0.2, -0.15) is 0 Å². The van der Waals surface area contributed by atoms with Crippen molar-refractivity contribution in [1.82, 2.24) is 4.57 Å². The third-order valence-electron chi connectivity index (χ3n) is 9.58. The van der Waals surface area contributed by atoms with Gasteiger partial charge in [0.1, 0.15) is 0 Å². The fraction of sp³-hybridized carbons (Fsp3) is 0. The molecule has 1 aliphatic rings. The molecule has 0 saturated heterocycles. The minimum Gasteiger partial charge on any atom is -0.309 e. The Morgan fingerprint density at radius 1 is 0.370 bits per heavy atom. The van der Waals surface area contributed by atoms with Crippen LogP contribution in [-0.4, -0.2) is 4.57 Å². The van der Waals surface area contributed by atoms with Crippen molar-refractivity contribution in [2.45, 2.75) is 9.79 Å². The van der Waals surface area contributed by atoms with Crippen LogP contribution in [0.3, 0.4) is 0 Å². The lowest BCUT2D eigenvalue weighted by Gasteiger charge is -2.21. The van der Waals surface area contributed by atoms with E-state index in [1.165, 1.54) is 92.2 Å². The lowest BCUT2D eigenvalue weighted by atomic mass is 9.93. The Morgan fingerprint density at radius 3 is 1.96 bits per heavy atom. The lowest BCUT2D eigenvalue weighted by molar-refractivity contribution is 1.18. The summed E-state index contributed by atoms with van der Waals surface area (Å²) in [6.45, 7) is 0. The van der Waals surface area contributed by atoms with E-state index in [1.807, 2.05) is 11.8 Å². The first-order valence-electron chi connectivity index (χ1n) is 15.8. The molecule has 8 aromatic carbocycles. The van der Waals surface area contributed by atoms with E-state index in [9.17, 15) is 0 Å². The summed E-state index contributed by atoms with van der Waals surface area (Å²) < 4.78 is 2.42. The van der Waals surface area contributed by atoms with Crippen LogP contribution in [-0.2, 0) is 0 Å². The van der Waals surface area contributed by atoms with Gasteiger partial charge in [0.2, 0.25) is 0 Å². The number of para-hydroxylation sites is 1. The molecule has 0 bridgehead atoms. The second-order valence-corrected chi connectivity index (χ2v) is 13.2. The molecule has 1 nitrogen and oxygen atoms in total. The number of fused-ring (bicyclic) bond motifs is 7. The van der Waals surface area contributed by atoms with Gasteiger partial charge in [-0.25, -0.2) is 0 Å². The fourth-order valence-electron chi connectivity index (χ4n) is 7.51. The zero-order valence-electron chi connectivity index (χ0n) is 24.9. The summed E-state index contributed by atoms with van der Waals surface area (Å²) >= 11 is 1.88. The molecule has 0 amide bonds. The van der Waals surface area contributed by atoms with Gasteiger partial charge >= 0.3 is 0 Å². The number of hydrogen-bond donors (Lipinski definition) is 0. The van der Waals surface area contributed by atoms with E-state index in [4.69, 9.17) is 0 Å². The van der Waals surface area contributed by atoms with Gasteiger partial charge in [0, 0.05) is 31.6 Å². The first-order valence-corrected chi connectivity index (χ1v) is 16.6. The lowest BCUT2D eigenvalue weighted by Crippen LogP contribution is -1.93. The van der Waals surface area contributed by atoms with Crippen LogP contribution in [0.15, 0.2) is 174 Å². The molecule has 0 aliphatic carbocycles. The van der Waals surface area contributed by atoms with Crippen LogP contribution >= 0.6 is 11.8 Å². The Hall–Kier alpha value is -5.57. The van der Waals surface area contributed by atoms with Gasteiger partial charge in [0.05, 0.1) is 11.0 Å². The molecule has 0 atom stereocenters. The average molecular weight is 602 g/mol. The van der Waals surface area contributed by atoms with Crippen molar-refractivity contribution < 1.29 is 0 Å². The minimum absolute atomic E-state index is 1.18. The molecule has 46 heavy (non-hydrogen) atoms. The minimum atomic E-state index is 1.18. The third-order valence-corrected chi connectivity index (χ3v) is 10.7. The second kappa shape index (κ2) is 9.97. The largest absolute Gasteiger partial charge is 0.309 e. The molecular formula is C44H27NS. The summed E-state index contributed by atoms with van der Waals surface area (Å²) in [6, 6.07) is 60.2. The standard InChI is InChI=1S/C44H27NS/c1-2-12-33(13-3-1)45-38-17-8-15-35(43(38)44-34-14-5-4-9-29(34)23-25-39(44)45)30-21-19-28(20-22-30)32-24-26-40-37(27-32)36-16-6-10-31-11-7-18-41(46-40)42(31)36/h1-27H. The first-order chi connectivity index (χ1) is 22.8.